The van der Waals surface area contributed by atoms with Gasteiger partial charge in [-0.15, -0.1) is 0 Å². The summed E-state index contributed by atoms with van der Waals surface area (Å²) in [5, 5.41) is 24.6. The first-order chi connectivity index (χ1) is 29.1. The molecule has 309 valence electrons. The minimum absolute atomic E-state index is 0. The molecule has 8 aromatic rings. The van der Waals surface area contributed by atoms with Crippen LogP contribution in [0.2, 0.25) is 0 Å². The Kier molecular flexibility index (Phi) is 17.6. The van der Waals surface area contributed by atoms with Gasteiger partial charge in [-0.2, -0.15) is 0 Å². The third-order valence-corrected chi connectivity index (χ3v) is 9.91. The van der Waals surface area contributed by atoms with Crippen LogP contribution in [0, 0.1) is 27.7 Å². The Labute approximate surface area is 370 Å². The molecule has 1 radical (unpaired) electrons. The summed E-state index contributed by atoms with van der Waals surface area (Å²) < 4.78 is 0. The van der Waals surface area contributed by atoms with E-state index >= 15 is 0 Å². The molecule has 0 saturated heterocycles. The second kappa shape index (κ2) is 23.0. The van der Waals surface area contributed by atoms with Crippen molar-refractivity contribution in [2.75, 3.05) is 0 Å². The molecule has 2 heterocycles. The standard InChI is InChI=1S/2C20H16O2.2C7H9N.Cu/c2*21-19(22)20(16-10-4-1-5-11-16,17-12-6-2-7-13-17)18-14-8-3-9-15-18;2*1-6-4-3-5-7(2)8-6;/h2*1-15H,(H,21,22);2*3-5H,1-2H3;/q;;;;+2/p-2. The SMILES string of the molecule is Cc1cccc(C)n1.Cc1cccc(C)n1.O=C([O-])C(c1ccccc1)(c1ccccc1)c1ccccc1.O=C([O-])C(c1ccccc1)(c1ccccc1)c1ccccc1.[Cu+2]. The van der Waals surface area contributed by atoms with Gasteiger partial charge in [0, 0.05) is 22.8 Å². The van der Waals surface area contributed by atoms with Crippen LogP contribution in [0.25, 0.3) is 0 Å². The van der Waals surface area contributed by atoms with Gasteiger partial charge in [-0.3, -0.25) is 9.97 Å². The zero-order valence-corrected chi connectivity index (χ0v) is 35.6. The summed E-state index contributed by atoms with van der Waals surface area (Å²) in [6.07, 6.45) is 0. The summed E-state index contributed by atoms with van der Waals surface area (Å²) in [7, 11) is 0. The zero-order valence-electron chi connectivity index (χ0n) is 34.6. The van der Waals surface area contributed by atoms with E-state index in [1.807, 2.05) is 246 Å². The number of carbonyl (C=O) groups excluding carboxylic acids is 2. The molecule has 0 fully saturated rings. The van der Waals surface area contributed by atoms with Crippen molar-refractivity contribution in [1.82, 2.24) is 9.97 Å². The van der Waals surface area contributed by atoms with Crippen molar-refractivity contribution in [3.63, 3.8) is 0 Å². The van der Waals surface area contributed by atoms with Crippen LogP contribution in [0.3, 0.4) is 0 Å². The van der Waals surface area contributed by atoms with Crippen molar-refractivity contribution in [3.05, 3.63) is 275 Å². The molecule has 0 amide bonds. The van der Waals surface area contributed by atoms with E-state index in [-0.39, 0.29) is 17.1 Å². The second-order valence-corrected chi connectivity index (χ2v) is 14.1. The molecule has 0 N–H and O–H groups in total. The molecular formula is C54H48CuN2O4. The Morgan fingerprint density at radius 3 is 0.590 bits per heavy atom. The van der Waals surface area contributed by atoms with Gasteiger partial charge in [0.2, 0.25) is 0 Å². The van der Waals surface area contributed by atoms with Crippen LogP contribution in [-0.4, -0.2) is 21.9 Å². The number of hydrogen-bond donors (Lipinski definition) is 0. The van der Waals surface area contributed by atoms with Gasteiger partial charge in [0.15, 0.2) is 0 Å². The topological polar surface area (TPSA) is 106 Å². The van der Waals surface area contributed by atoms with Gasteiger partial charge < -0.3 is 19.8 Å². The fourth-order valence-corrected chi connectivity index (χ4v) is 7.19. The molecule has 0 aliphatic heterocycles. The molecule has 7 heteroatoms. The zero-order chi connectivity index (χ0) is 42.8. The smallest absolute Gasteiger partial charge is 0.548 e. The predicted octanol–water partition coefficient (Wildman–Crippen LogP) is 8.94. The van der Waals surface area contributed by atoms with Gasteiger partial charge in [0.1, 0.15) is 0 Å². The molecule has 0 unspecified atom stereocenters. The van der Waals surface area contributed by atoms with Gasteiger partial charge in [-0.05, 0) is 85.3 Å². The van der Waals surface area contributed by atoms with Crippen LogP contribution in [0.5, 0.6) is 0 Å². The molecule has 8 rings (SSSR count). The molecule has 0 aliphatic carbocycles. The quantitative estimate of drug-likeness (QED) is 0.112. The number of benzene rings is 6. The van der Waals surface area contributed by atoms with E-state index in [4.69, 9.17) is 0 Å². The Morgan fingerprint density at radius 1 is 0.311 bits per heavy atom. The summed E-state index contributed by atoms with van der Waals surface area (Å²) in [6, 6.07) is 67.3. The van der Waals surface area contributed by atoms with Crippen LogP contribution >= 0.6 is 0 Å². The molecule has 0 atom stereocenters. The van der Waals surface area contributed by atoms with E-state index in [0.29, 0.717) is 33.4 Å². The number of aromatic nitrogens is 2. The van der Waals surface area contributed by atoms with E-state index in [9.17, 15) is 19.8 Å². The van der Waals surface area contributed by atoms with Crippen LogP contribution in [0.4, 0.5) is 0 Å². The molecule has 61 heavy (non-hydrogen) atoms. The number of carboxylic acid groups (broad SMARTS) is 2. The minimum atomic E-state index is -1.32. The van der Waals surface area contributed by atoms with Crippen molar-refractivity contribution in [2.45, 2.75) is 38.5 Å². The van der Waals surface area contributed by atoms with E-state index in [1.165, 1.54) is 0 Å². The third-order valence-electron chi connectivity index (χ3n) is 9.91. The van der Waals surface area contributed by atoms with Gasteiger partial charge in [0.05, 0.1) is 22.8 Å². The fraction of sp³-hybridized carbons (Fsp3) is 0.111. The Morgan fingerprint density at radius 2 is 0.475 bits per heavy atom. The first kappa shape index (κ1) is 46.8. The van der Waals surface area contributed by atoms with Gasteiger partial charge in [-0.1, -0.05) is 194 Å². The molecular weight excluding hydrogens is 804 g/mol. The van der Waals surface area contributed by atoms with Gasteiger partial charge in [0.25, 0.3) is 0 Å². The van der Waals surface area contributed by atoms with E-state index in [1.54, 1.807) is 0 Å². The maximum Gasteiger partial charge on any atom is 2.00 e. The van der Waals surface area contributed by atoms with Crippen molar-refractivity contribution in [3.8, 4) is 0 Å². The summed E-state index contributed by atoms with van der Waals surface area (Å²) in [6.45, 7) is 7.97. The van der Waals surface area contributed by atoms with E-state index in [2.05, 4.69) is 9.97 Å². The number of carbonyl (C=O) groups is 2. The van der Waals surface area contributed by atoms with Crippen LogP contribution in [0.15, 0.2) is 218 Å². The minimum Gasteiger partial charge on any atom is -0.548 e. The molecule has 6 aromatic carbocycles. The number of aryl methyl sites for hydroxylation is 4. The van der Waals surface area contributed by atoms with Gasteiger partial charge >= 0.3 is 17.1 Å². The molecule has 0 spiro atoms. The summed E-state index contributed by atoms with van der Waals surface area (Å²) in [5.74, 6) is -2.26. The van der Waals surface area contributed by atoms with E-state index in [0.717, 1.165) is 22.8 Å². The molecule has 6 nitrogen and oxygen atoms in total. The molecule has 2 aromatic heterocycles. The molecule has 0 bridgehead atoms. The third kappa shape index (κ3) is 11.6. The maximum absolute atomic E-state index is 12.3. The van der Waals surface area contributed by atoms with E-state index < -0.39 is 22.8 Å². The summed E-state index contributed by atoms with van der Waals surface area (Å²) in [4.78, 5) is 33.0. The average Bonchev–Trinajstić information content (AvgIpc) is 3.27. The predicted molar refractivity (Wildman–Crippen MR) is 236 cm³/mol. The normalized spacial score (nSPS) is 10.4. The van der Waals surface area contributed by atoms with Crippen LogP contribution in [0.1, 0.15) is 56.2 Å². The monoisotopic (exact) mass is 851 g/mol. The van der Waals surface area contributed by atoms with Gasteiger partial charge in [-0.25, -0.2) is 0 Å². The second-order valence-electron chi connectivity index (χ2n) is 14.1. The Balaban J connectivity index is 0.000000196. The summed E-state index contributed by atoms with van der Waals surface area (Å²) >= 11 is 0. The largest absolute Gasteiger partial charge is 2.00 e. The number of rotatable bonds is 8. The number of hydrogen-bond acceptors (Lipinski definition) is 6. The Bertz CT molecular complexity index is 2110. The first-order valence-corrected chi connectivity index (χ1v) is 19.7. The molecule has 0 saturated carbocycles. The number of aliphatic carboxylic acids is 2. The van der Waals surface area contributed by atoms with Crippen molar-refractivity contribution >= 4 is 11.9 Å². The maximum atomic E-state index is 12.3. The van der Waals surface area contributed by atoms with Crippen molar-refractivity contribution < 1.29 is 36.9 Å². The van der Waals surface area contributed by atoms with Crippen molar-refractivity contribution in [1.29, 1.82) is 0 Å². The summed E-state index contributed by atoms with van der Waals surface area (Å²) in [5.41, 5.74) is 5.84. The average molecular weight is 853 g/mol. The van der Waals surface area contributed by atoms with Crippen LogP contribution < -0.4 is 10.2 Å². The number of pyridine rings is 2. The number of nitrogens with zero attached hydrogens (tertiary/aromatic N) is 2. The fourth-order valence-electron chi connectivity index (χ4n) is 7.19. The molecule has 0 aliphatic rings. The van der Waals surface area contributed by atoms with Crippen LogP contribution in [-0.2, 0) is 37.5 Å². The number of carboxylic acids is 2. The first-order valence-electron chi connectivity index (χ1n) is 19.7. The van der Waals surface area contributed by atoms with Crippen molar-refractivity contribution in [2.24, 2.45) is 0 Å². The Hall–Kier alpha value is -6.92.